The van der Waals surface area contributed by atoms with Crippen molar-refractivity contribution < 1.29 is 19.4 Å². The normalized spacial score (nSPS) is 11.8. The Labute approximate surface area is 161 Å². The van der Waals surface area contributed by atoms with Gasteiger partial charge in [0.1, 0.15) is 0 Å². The van der Waals surface area contributed by atoms with E-state index in [9.17, 15) is 9.90 Å². The van der Waals surface area contributed by atoms with Crippen LogP contribution in [0, 0.1) is 0 Å². The Balaban J connectivity index is 1.52. The minimum absolute atomic E-state index is 0.137. The summed E-state index contributed by atoms with van der Waals surface area (Å²) in [6, 6.07) is 13.0. The first-order valence-electron chi connectivity index (χ1n) is 8.49. The maximum atomic E-state index is 12.0. The second-order valence-electron chi connectivity index (χ2n) is 5.96. The number of ether oxygens (including phenoxy) is 2. The number of amides is 2. The first kappa shape index (κ1) is 19.0. The molecule has 0 radical (unpaired) electrons. The van der Waals surface area contributed by atoms with Gasteiger partial charge in [0.15, 0.2) is 11.5 Å². The number of aliphatic hydroxyl groups excluding tert-OH is 1. The second kappa shape index (κ2) is 8.75. The highest BCUT2D eigenvalue weighted by atomic mass is 32.1. The van der Waals surface area contributed by atoms with Gasteiger partial charge in [0.2, 0.25) is 0 Å². The van der Waals surface area contributed by atoms with E-state index in [0.29, 0.717) is 18.0 Å². The molecule has 0 spiro atoms. The lowest BCUT2D eigenvalue weighted by Crippen LogP contribution is -2.37. The lowest BCUT2D eigenvalue weighted by molar-refractivity contribution is 0.174. The summed E-state index contributed by atoms with van der Waals surface area (Å²) in [6.07, 6.45) is -0.756. The van der Waals surface area contributed by atoms with Crippen molar-refractivity contribution in [2.75, 3.05) is 20.8 Å². The number of aliphatic hydroxyl groups is 1. The number of urea groups is 1. The molecule has 0 aliphatic heterocycles. The zero-order chi connectivity index (χ0) is 19.2. The van der Waals surface area contributed by atoms with Crippen LogP contribution in [0.2, 0.25) is 0 Å². The summed E-state index contributed by atoms with van der Waals surface area (Å²) in [6.45, 7) is 0.474. The number of hydrogen-bond donors (Lipinski definition) is 3. The fourth-order valence-electron chi connectivity index (χ4n) is 2.79. The number of thiophene rings is 1. The van der Waals surface area contributed by atoms with Gasteiger partial charge < -0.3 is 25.2 Å². The Morgan fingerprint density at radius 2 is 1.89 bits per heavy atom. The van der Waals surface area contributed by atoms with Crippen LogP contribution in [0.3, 0.4) is 0 Å². The molecule has 2 aromatic carbocycles. The van der Waals surface area contributed by atoms with E-state index in [0.717, 1.165) is 21.2 Å². The van der Waals surface area contributed by atoms with Gasteiger partial charge in [0.05, 0.1) is 20.3 Å². The second-order valence-corrected chi connectivity index (χ2v) is 6.87. The van der Waals surface area contributed by atoms with E-state index >= 15 is 0 Å². The third kappa shape index (κ3) is 4.50. The third-order valence-electron chi connectivity index (χ3n) is 4.23. The zero-order valence-electron chi connectivity index (χ0n) is 15.2. The summed E-state index contributed by atoms with van der Waals surface area (Å²) < 4.78 is 11.6. The number of fused-ring (bicyclic) bond motifs is 1. The molecule has 3 aromatic rings. The molecule has 0 bridgehead atoms. The zero-order valence-corrected chi connectivity index (χ0v) is 16.0. The number of nitrogens with one attached hydrogen (secondary N) is 2. The van der Waals surface area contributed by atoms with E-state index in [-0.39, 0.29) is 12.6 Å². The van der Waals surface area contributed by atoms with Crippen molar-refractivity contribution in [1.29, 1.82) is 0 Å². The Kier molecular flexibility index (Phi) is 6.16. The summed E-state index contributed by atoms with van der Waals surface area (Å²) in [7, 11) is 3.14. The molecular weight excluding hydrogens is 364 g/mol. The Bertz CT molecular complexity index is 925. The SMILES string of the molecule is COc1ccc(CNC(=O)NCC(O)c2csc3ccccc23)cc1OC. The topological polar surface area (TPSA) is 79.8 Å². The summed E-state index contributed by atoms with van der Waals surface area (Å²) >= 11 is 1.58. The average Bonchev–Trinajstić information content (AvgIpc) is 3.14. The van der Waals surface area contributed by atoms with Crippen LogP contribution in [0.25, 0.3) is 10.1 Å². The quantitative estimate of drug-likeness (QED) is 0.581. The van der Waals surface area contributed by atoms with Crippen molar-refractivity contribution in [2.45, 2.75) is 12.6 Å². The fraction of sp³-hybridized carbons (Fsp3) is 0.250. The van der Waals surface area contributed by atoms with E-state index in [1.165, 1.54) is 0 Å². The van der Waals surface area contributed by atoms with Crippen LogP contribution in [0.15, 0.2) is 47.8 Å². The highest BCUT2D eigenvalue weighted by molar-refractivity contribution is 7.17. The van der Waals surface area contributed by atoms with Gasteiger partial charge in [-0.2, -0.15) is 0 Å². The molecule has 0 aliphatic rings. The van der Waals surface area contributed by atoms with Crippen molar-refractivity contribution in [1.82, 2.24) is 10.6 Å². The molecule has 0 aliphatic carbocycles. The molecule has 27 heavy (non-hydrogen) atoms. The molecule has 1 heterocycles. The summed E-state index contributed by atoms with van der Waals surface area (Å²) in [4.78, 5) is 12.0. The van der Waals surface area contributed by atoms with Gasteiger partial charge in [-0.25, -0.2) is 4.79 Å². The van der Waals surface area contributed by atoms with Gasteiger partial charge >= 0.3 is 6.03 Å². The van der Waals surface area contributed by atoms with Crippen LogP contribution in [0.1, 0.15) is 17.2 Å². The van der Waals surface area contributed by atoms with Crippen LogP contribution in [0.5, 0.6) is 11.5 Å². The third-order valence-corrected chi connectivity index (χ3v) is 5.21. The Morgan fingerprint density at radius 1 is 1.11 bits per heavy atom. The van der Waals surface area contributed by atoms with Crippen LogP contribution < -0.4 is 20.1 Å². The maximum Gasteiger partial charge on any atom is 0.315 e. The number of methoxy groups -OCH3 is 2. The van der Waals surface area contributed by atoms with Gasteiger partial charge in [0.25, 0.3) is 0 Å². The first-order chi connectivity index (χ1) is 13.1. The largest absolute Gasteiger partial charge is 0.493 e. The smallest absolute Gasteiger partial charge is 0.315 e. The monoisotopic (exact) mass is 386 g/mol. The van der Waals surface area contributed by atoms with Crippen LogP contribution in [-0.4, -0.2) is 31.9 Å². The van der Waals surface area contributed by atoms with E-state index in [2.05, 4.69) is 10.6 Å². The van der Waals surface area contributed by atoms with Crippen LogP contribution in [-0.2, 0) is 6.54 Å². The Hall–Kier alpha value is -2.77. The van der Waals surface area contributed by atoms with E-state index in [4.69, 9.17) is 9.47 Å². The van der Waals surface area contributed by atoms with Crippen LogP contribution in [0.4, 0.5) is 4.79 Å². The van der Waals surface area contributed by atoms with Crippen LogP contribution >= 0.6 is 11.3 Å². The molecule has 0 fully saturated rings. The average molecular weight is 386 g/mol. The van der Waals surface area contributed by atoms with Gasteiger partial charge in [-0.1, -0.05) is 24.3 Å². The van der Waals surface area contributed by atoms with Gasteiger partial charge in [0, 0.05) is 23.4 Å². The molecule has 0 saturated carbocycles. The summed E-state index contributed by atoms with van der Waals surface area (Å²) in [5.41, 5.74) is 1.71. The number of carbonyl (C=O) groups is 1. The molecule has 3 rings (SSSR count). The molecule has 142 valence electrons. The molecule has 2 amide bonds. The summed E-state index contributed by atoms with van der Waals surface area (Å²) in [5, 5.41) is 18.8. The Morgan fingerprint density at radius 3 is 2.67 bits per heavy atom. The number of benzene rings is 2. The predicted molar refractivity (Wildman–Crippen MR) is 107 cm³/mol. The maximum absolute atomic E-state index is 12.0. The molecule has 1 unspecified atom stereocenters. The van der Waals surface area contributed by atoms with Crippen molar-refractivity contribution in [3.8, 4) is 11.5 Å². The molecule has 1 aromatic heterocycles. The number of carbonyl (C=O) groups excluding carboxylic acids is 1. The highest BCUT2D eigenvalue weighted by Crippen LogP contribution is 2.30. The minimum atomic E-state index is -0.756. The van der Waals surface area contributed by atoms with E-state index < -0.39 is 6.10 Å². The van der Waals surface area contributed by atoms with Crippen molar-refractivity contribution in [3.05, 3.63) is 59.0 Å². The lowest BCUT2D eigenvalue weighted by Gasteiger charge is -2.13. The first-order valence-corrected chi connectivity index (χ1v) is 9.37. The van der Waals surface area contributed by atoms with E-state index in [1.807, 2.05) is 41.8 Å². The summed E-state index contributed by atoms with van der Waals surface area (Å²) in [5.74, 6) is 1.24. The van der Waals surface area contributed by atoms with Crippen molar-refractivity contribution >= 4 is 27.5 Å². The molecular formula is C20H22N2O4S. The molecule has 0 saturated heterocycles. The lowest BCUT2D eigenvalue weighted by atomic mass is 10.1. The van der Waals surface area contributed by atoms with Gasteiger partial charge in [-0.15, -0.1) is 11.3 Å². The highest BCUT2D eigenvalue weighted by Gasteiger charge is 2.14. The molecule has 6 nitrogen and oxygen atoms in total. The standard InChI is InChI=1S/C20H22N2O4S/c1-25-17-8-7-13(9-18(17)26-2)10-21-20(24)22-11-16(23)15-12-27-19-6-4-3-5-14(15)19/h3-9,12,16,23H,10-11H2,1-2H3,(H2,21,22,24). The predicted octanol–water partition coefficient (Wildman–Crippen LogP) is 3.45. The molecule has 3 N–H and O–H groups in total. The fourth-order valence-corrected chi connectivity index (χ4v) is 3.80. The van der Waals surface area contributed by atoms with Gasteiger partial charge in [-0.3, -0.25) is 0 Å². The molecule has 1 atom stereocenters. The van der Waals surface area contributed by atoms with Gasteiger partial charge in [-0.05, 0) is 34.5 Å². The number of rotatable bonds is 7. The number of hydrogen-bond acceptors (Lipinski definition) is 5. The van der Waals surface area contributed by atoms with Crippen molar-refractivity contribution in [2.24, 2.45) is 0 Å². The van der Waals surface area contributed by atoms with E-state index in [1.54, 1.807) is 31.6 Å². The molecule has 7 heteroatoms. The minimum Gasteiger partial charge on any atom is -0.493 e. The van der Waals surface area contributed by atoms with Crippen molar-refractivity contribution in [3.63, 3.8) is 0 Å².